The molecule has 0 amide bonds. The lowest BCUT2D eigenvalue weighted by atomic mass is 10.0. The first-order valence-corrected chi connectivity index (χ1v) is 13.0. The van der Waals surface area contributed by atoms with Gasteiger partial charge in [-0.05, 0) is 26.2 Å². The Morgan fingerprint density at radius 3 is 1.30 bits per heavy atom. The summed E-state index contributed by atoms with van der Waals surface area (Å²) < 4.78 is 32.5. The maximum absolute atomic E-state index is 11.5. The van der Waals surface area contributed by atoms with Crippen LogP contribution in [0.3, 0.4) is 0 Å². The van der Waals surface area contributed by atoms with Crippen LogP contribution in [0.2, 0.25) is 0 Å². The fourth-order valence-corrected chi connectivity index (χ4v) is 4.57. The zero-order valence-corrected chi connectivity index (χ0v) is 18.8. The lowest BCUT2D eigenvalue weighted by Crippen LogP contribution is -2.20. The Bertz CT molecular complexity index is 407. The van der Waals surface area contributed by atoms with E-state index in [1.807, 2.05) is 6.92 Å². The Balaban J connectivity index is 3.57. The Morgan fingerprint density at radius 2 is 0.963 bits per heavy atom. The molecule has 0 fully saturated rings. The van der Waals surface area contributed by atoms with Gasteiger partial charge in [0.1, 0.15) is 0 Å². The number of hydrogen-bond donors (Lipinski definition) is 2. The quantitative estimate of drug-likeness (QED) is 0.175. The van der Waals surface area contributed by atoms with Crippen LogP contribution in [0.15, 0.2) is 0 Å². The number of aliphatic hydroxyl groups excluding tert-OH is 1. The Morgan fingerprint density at radius 1 is 0.630 bits per heavy atom. The third kappa shape index (κ3) is 19.0. The van der Waals surface area contributed by atoms with Crippen molar-refractivity contribution in [3.63, 3.8) is 0 Å². The molecule has 164 valence electrons. The third-order valence-corrected chi connectivity index (χ3v) is 6.76. The smallest absolute Gasteiger partial charge is 0.267 e. The molecule has 0 bridgehead atoms. The lowest BCUT2D eigenvalue weighted by Gasteiger charge is -2.13. The topological polar surface area (TPSA) is 74.6 Å². The second-order valence-corrected chi connectivity index (χ2v) is 10.00. The molecule has 0 spiro atoms. The fourth-order valence-electron chi connectivity index (χ4n) is 3.64. The molecule has 0 saturated heterocycles. The highest BCUT2D eigenvalue weighted by Crippen LogP contribution is 2.19. The summed E-state index contributed by atoms with van der Waals surface area (Å²) in [6.45, 7) is 4.02. The van der Waals surface area contributed by atoms with Crippen LogP contribution in [-0.2, 0) is 10.1 Å². The van der Waals surface area contributed by atoms with Crippen molar-refractivity contribution in [1.82, 2.24) is 0 Å². The zero-order valence-electron chi connectivity index (χ0n) is 18.0. The SMILES string of the molecule is CCCCCCCC(CCCCCCCCCCCCC(C)O)S(=O)(=O)O. The summed E-state index contributed by atoms with van der Waals surface area (Å²) in [6.07, 6.45) is 19.3. The molecular weight excluding hydrogens is 360 g/mol. The molecule has 0 aromatic carbocycles. The molecule has 0 aliphatic heterocycles. The third-order valence-electron chi connectivity index (χ3n) is 5.45. The highest BCUT2D eigenvalue weighted by molar-refractivity contribution is 7.86. The predicted molar refractivity (Wildman–Crippen MR) is 116 cm³/mol. The van der Waals surface area contributed by atoms with Gasteiger partial charge >= 0.3 is 0 Å². The molecule has 0 aromatic heterocycles. The molecule has 0 saturated carbocycles. The van der Waals surface area contributed by atoms with Gasteiger partial charge in [-0.3, -0.25) is 4.55 Å². The van der Waals surface area contributed by atoms with Crippen LogP contribution < -0.4 is 0 Å². The molecule has 0 aliphatic carbocycles. The van der Waals surface area contributed by atoms with E-state index in [4.69, 9.17) is 0 Å². The summed E-state index contributed by atoms with van der Waals surface area (Å²) in [7, 11) is -3.89. The molecule has 0 radical (unpaired) electrons. The average molecular weight is 407 g/mol. The Kier molecular flexibility index (Phi) is 17.8. The molecule has 0 heterocycles. The van der Waals surface area contributed by atoms with Crippen molar-refractivity contribution in [3.05, 3.63) is 0 Å². The van der Waals surface area contributed by atoms with Crippen molar-refractivity contribution in [2.45, 2.75) is 141 Å². The van der Waals surface area contributed by atoms with Gasteiger partial charge in [0.05, 0.1) is 11.4 Å². The molecular formula is C22H46O4S. The summed E-state index contributed by atoms with van der Waals surface area (Å²) in [4.78, 5) is 0. The van der Waals surface area contributed by atoms with Gasteiger partial charge in [-0.2, -0.15) is 8.42 Å². The van der Waals surface area contributed by atoms with E-state index in [9.17, 15) is 18.1 Å². The van der Waals surface area contributed by atoms with Gasteiger partial charge in [0.25, 0.3) is 10.1 Å². The minimum absolute atomic E-state index is 0.161. The van der Waals surface area contributed by atoms with E-state index in [0.29, 0.717) is 12.8 Å². The molecule has 4 nitrogen and oxygen atoms in total. The summed E-state index contributed by atoms with van der Waals surface area (Å²) >= 11 is 0. The maximum Gasteiger partial charge on any atom is 0.267 e. The number of unbranched alkanes of at least 4 members (excludes halogenated alkanes) is 13. The van der Waals surface area contributed by atoms with E-state index < -0.39 is 15.4 Å². The van der Waals surface area contributed by atoms with E-state index in [0.717, 1.165) is 51.4 Å². The first-order chi connectivity index (χ1) is 12.9. The second-order valence-electron chi connectivity index (χ2n) is 8.30. The monoisotopic (exact) mass is 406 g/mol. The van der Waals surface area contributed by atoms with Crippen molar-refractivity contribution in [2.75, 3.05) is 0 Å². The summed E-state index contributed by atoms with van der Waals surface area (Å²) in [5.74, 6) is 0. The highest BCUT2D eigenvalue weighted by Gasteiger charge is 2.21. The standard InChI is InChI=1S/C22H46O4S/c1-3-4-5-12-16-19-22(27(24,25)26)20-17-14-11-9-7-6-8-10-13-15-18-21(2)23/h21-23H,3-20H2,1-2H3,(H,24,25,26). The van der Waals surface area contributed by atoms with E-state index in [1.54, 1.807) is 0 Å². The van der Waals surface area contributed by atoms with Crippen LogP contribution >= 0.6 is 0 Å². The van der Waals surface area contributed by atoms with Crippen LogP contribution in [0.1, 0.15) is 129 Å². The van der Waals surface area contributed by atoms with Crippen LogP contribution in [0, 0.1) is 0 Å². The van der Waals surface area contributed by atoms with Gasteiger partial charge in [0.2, 0.25) is 0 Å². The molecule has 27 heavy (non-hydrogen) atoms. The summed E-state index contributed by atoms with van der Waals surface area (Å²) in [6, 6.07) is 0. The van der Waals surface area contributed by atoms with Crippen molar-refractivity contribution in [1.29, 1.82) is 0 Å². The molecule has 0 aromatic rings. The van der Waals surface area contributed by atoms with Gasteiger partial charge in [0, 0.05) is 0 Å². The number of aliphatic hydroxyl groups is 1. The second kappa shape index (κ2) is 17.9. The highest BCUT2D eigenvalue weighted by atomic mass is 32.2. The van der Waals surface area contributed by atoms with E-state index in [1.165, 1.54) is 51.4 Å². The minimum Gasteiger partial charge on any atom is -0.393 e. The number of rotatable bonds is 20. The first kappa shape index (κ1) is 26.9. The van der Waals surface area contributed by atoms with Crippen molar-refractivity contribution >= 4 is 10.1 Å². The summed E-state index contributed by atoms with van der Waals surface area (Å²) in [5, 5.41) is 8.65. The van der Waals surface area contributed by atoms with E-state index >= 15 is 0 Å². The van der Waals surface area contributed by atoms with Gasteiger partial charge in [-0.15, -0.1) is 0 Å². The van der Waals surface area contributed by atoms with Crippen molar-refractivity contribution in [2.24, 2.45) is 0 Å². The van der Waals surface area contributed by atoms with Gasteiger partial charge in [-0.25, -0.2) is 0 Å². The first-order valence-electron chi connectivity index (χ1n) is 11.5. The summed E-state index contributed by atoms with van der Waals surface area (Å²) in [5.41, 5.74) is 0. The predicted octanol–water partition coefficient (Wildman–Crippen LogP) is 6.67. The zero-order chi connectivity index (χ0) is 20.4. The van der Waals surface area contributed by atoms with Crippen LogP contribution in [0.5, 0.6) is 0 Å². The Hall–Kier alpha value is -0.130. The van der Waals surface area contributed by atoms with E-state index in [2.05, 4.69) is 6.92 Å². The fraction of sp³-hybridized carbons (Fsp3) is 1.00. The normalized spacial score (nSPS) is 14.4. The van der Waals surface area contributed by atoms with Crippen LogP contribution in [-0.4, -0.2) is 29.4 Å². The molecule has 2 unspecified atom stereocenters. The minimum atomic E-state index is -3.89. The lowest BCUT2D eigenvalue weighted by molar-refractivity contribution is 0.180. The average Bonchev–Trinajstić information content (AvgIpc) is 2.59. The molecule has 5 heteroatoms. The number of hydrogen-bond acceptors (Lipinski definition) is 3. The van der Waals surface area contributed by atoms with Gasteiger partial charge in [-0.1, -0.05) is 103 Å². The maximum atomic E-state index is 11.5. The van der Waals surface area contributed by atoms with Crippen LogP contribution in [0.4, 0.5) is 0 Å². The van der Waals surface area contributed by atoms with Crippen LogP contribution in [0.25, 0.3) is 0 Å². The largest absolute Gasteiger partial charge is 0.393 e. The molecule has 2 N–H and O–H groups in total. The van der Waals surface area contributed by atoms with Crippen molar-refractivity contribution < 1.29 is 18.1 Å². The Labute approximate surface area is 169 Å². The van der Waals surface area contributed by atoms with E-state index in [-0.39, 0.29) is 6.10 Å². The molecule has 0 aliphatic rings. The molecule has 0 rings (SSSR count). The van der Waals surface area contributed by atoms with Gasteiger partial charge in [0.15, 0.2) is 0 Å². The van der Waals surface area contributed by atoms with Gasteiger partial charge < -0.3 is 5.11 Å². The molecule has 2 atom stereocenters. The van der Waals surface area contributed by atoms with Crippen molar-refractivity contribution in [3.8, 4) is 0 Å².